The molecule has 0 radical (unpaired) electrons. The van der Waals surface area contributed by atoms with Crippen molar-refractivity contribution in [2.24, 2.45) is 0 Å². The molecule has 1 N–H and O–H groups in total. The molecule has 4 nitrogen and oxygen atoms in total. The molecule has 0 bridgehead atoms. The lowest BCUT2D eigenvalue weighted by molar-refractivity contribution is 0.524. The Balaban J connectivity index is 1.78. The van der Waals surface area contributed by atoms with Crippen molar-refractivity contribution in [3.05, 3.63) is 34.8 Å². The van der Waals surface area contributed by atoms with Gasteiger partial charge in [0.15, 0.2) is 0 Å². The van der Waals surface area contributed by atoms with E-state index in [1.807, 2.05) is 30.9 Å². The van der Waals surface area contributed by atoms with Gasteiger partial charge in [0.25, 0.3) is 0 Å². The van der Waals surface area contributed by atoms with Gasteiger partial charge in [-0.2, -0.15) is 0 Å². The van der Waals surface area contributed by atoms with E-state index in [1.165, 1.54) is 0 Å². The monoisotopic (exact) mass is 236 g/mol. The molecule has 2 aromatic heterocycles. The summed E-state index contributed by atoms with van der Waals surface area (Å²) in [4.78, 5) is 8.48. The van der Waals surface area contributed by atoms with Gasteiger partial charge in [-0.25, -0.2) is 9.97 Å². The smallest absolute Gasteiger partial charge is 0.109 e. The lowest BCUT2D eigenvalue weighted by atomic mass is 10.3. The third-order valence-electron chi connectivity index (χ3n) is 2.55. The maximum absolute atomic E-state index is 4.29. The molecule has 2 rings (SSSR count). The molecular formula is C11H16N4S. The van der Waals surface area contributed by atoms with Gasteiger partial charge in [0.1, 0.15) is 10.8 Å². The zero-order chi connectivity index (χ0) is 11.4. The van der Waals surface area contributed by atoms with Crippen LogP contribution in [0.4, 0.5) is 0 Å². The third kappa shape index (κ3) is 2.68. The van der Waals surface area contributed by atoms with Gasteiger partial charge in [-0.1, -0.05) is 0 Å². The summed E-state index contributed by atoms with van der Waals surface area (Å²) in [7, 11) is 0. The van der Waals surface area contributed by atoms with E-state index in [-0.39, 0.29) is 0 Å². The molecule has 1 unspecified atom stereocenters. The molecule has 0 saturated heterocycles. The third-order valence-corrected chi connectivity index (χ3v) is 3.51. The molecule has 0 aromatic carbocycles. The van der Waals surface area contributed by atoms with Gasteiger partial charge < -0.3 is 9.88 Å². The fraction of sp³-hybridized carbons (Fsp3) is 0.455. The highest BCUT2D eigenvalue weighted by molar-refractivity contribution is 7.09. The van der Waals surface area contributed by atoms with E-state index in [2.05, 4.69) is 26.8 Å². The first-order chi connectivity index (χ1) is 7.77. The first-order valence-corrected chi connectivity index (χ1v) is 6.26. The van der Waals surface area contributed by atoms with E-state index < -0.39 is 0 Å². The summed E-state index contributed by atoms with van der Waals surface area (Å²) in [5.74, 6) is 1.06. The van der Waals surface area contributed by atoms with E-state index in [0.29, 0.717) is 6.04 Å². The highest BCUT2D eigenvalue weighted by atomic mass is 32.1. The topological polar surface area (TPSA) is 42.7 Å². The molecule has 0 amide bonds. The van der Waals surface area contributed by atoms with Gasteiger partial charge in [-0.3, -0.25) is 0 Å². The average Bonchev–Trinajstić information content (AvgIpc) is 2.90. The second-order valence-corrected chi connectivity index (χ2v) is 4.64. The molecule has 86 valence electrons. The van der Waals surface area contributed by atoms with Crippen molar-refractivity contribution in [3.8, 4) is 0 Å². The highest BCUT2D eigenvalue weighted by Crippen LogP contribution is 2.14. The van der Waals surface area contributed by atoms with Gasteiger partial charge in [0.05, 0.1) is 6.04 Å². The molecule has 16 heavy (non-hydrogen) atoms. The number of hydrogen-bond donors (Lipinski definition) is 1. The molecule has 0 saturated carbocycles. The molecule has 1 atom stereocenters. The van der Waals surface area contributed by atoms with Gasteiger partial charge >= 0.3 is 0 Å². The predicted molar refractivity (Wildman–Crippen MR) is 65.5 cm³/mol. The summed E-state index contributed by atoms with van der Waals surface area (Å²) >= 11 is 1.69. The van der Waals surface area contributed by atoms with Gasteiger partial charge in [-0.15, -0.1) is 11.3 Å². The van der Waals surface area contributed by atoms with Gasteiger partial charge in [0.2, 0.25) is 0 Å². The Morgan fingerprint density at radius 2 is 2.31 bits per heavy atom. The Kier molecular flexibility index (Phi) is 3.69. The number of imidazole rings is 1. The first-order valence-electron chi connectivity index (χ1n) is 5.38. The first kappa shape index (κ1) is 11.3. The highest BCUT2D eigenvalue weighted by Gasteiger charge is 2.06. The Morgan fingerprint density at radius 1 is 1.44 bits per heavy atom. The second kappa shape index (κ2) is 5.23. The van der Waals surface area contributed by atoms with Crippen molar-refractivity contribution < 1.29 is 0 Å². The SMILES string of the molecule is Cc1nccn1CCNC(C)c1nccs1. The summed E-state index contributed by atoms with van der Waals surface area (Å²) in [5.41, 5.74) is 0. The standard InChI is InChI=1S/C11H16N4S/c1-9(11-14-5-8-16-11)12-3-6-15-7-4-13-10(15)2/h4-5,7-9,12H,3,6H2,1-2H3. The normalized spacial score (nSPS) is 12.9. The van der Waals surface area contributed by atoms with Gasteiger partial charge in [-0.05, 0) is 13.8 Å². The molecular weight excluding hydrogens is 220 g/mol. The van der Waals surface area contributed by atoms with Crippen molar-refractivity contribution in [3.63, 3.8) is 0 Å². The lowest BCUT2D eigenvalue weighted by Gasteiger charge is -2.11. The van der Waals surface area contributed by atoms with Crippen molar-refractivity contribution in [1.82, 2.24) is 19.9 Å². The van der Waals surface area contributed by atoms with Crippen LogP contribution >= 0.6 is 11.3 Å². The van der Waals surface area contributed by atoms with Crippen molar-refractivity contribution in [1.29, 1.82) is 0 Å². The Morgan fingerprint density at radius 3 is 2.94 bits per heavy atom. The zero-order valence-electron chi connectivity index (χ0n) is 9.55. The largest absolute Gasteiger partial charge is 0.334 e. The van der Waals surface area contributed by atoms with Crippen LogP contribution in [-0.4, -0.2) is 21.1 Å². The number of nitrogens with one attached hydrogen (secondary N) is 1. The summed E-state index contributed by atoms with van der Waals surface area (Å²) < 4.78 is 2.14. The number of nitrogens with zero attached hydrogens (tertiary/aromatic N) is 3. The number of aryl methyl sites for hydroxylation is 1. The van der Waals surface area contributed by atoms with Crippen LogP contribution in [0.5, 0.6) is 0 Å². The van der Waals surface area contributed by atoms with Crippen molar-refractivity contribution in [2.75, 3.05) is 6.54 Å². The van der Waals surface area contributed by atoms with E-state index in [4.69, 9.17) is 0 Å². The number of thiazole rings is 1. The minimum absolute atomic E-state index is 0.323. The number of aromatic nitrogens is 3. The summed E-state index contributed by atoms with van der Waals surface area (Å²) in [6.07, 6.45) is 5.68. The second-order valence-electron chi connectivity index (χ2n) is 3.71. The number of hydrogen-bond acceptors (Lipinski definition) is 4. The number of rotatable bonds is 5. The molecule has 0 aliphatic carbocycles. The molecule has 5 heteroatoms. The van der Waals surface area contributed by atoms with Crippen molar-refractivity contribution in [2.45, 2.75) is 26.4 Å². The molecule has 0 fully saturated rings. The Hall–Kier alpha value is -1.20. The maximum atomic E-state index is 4.29. The average molecular weight is 236 g/mol. The van der Waals surface area contributed by atoms with E-state index in [9.17, 15) is 0 Å². The van der Waals surface area contributed by atoms with Crippen LogP contribution in [0, 0.1) is 6.92 Å². The summed E-state index contributed by atoms with van der Waals surface area (Å²) in [5, 5.41) is 6.60. The quantitative estimate of drug-likeness (QED) is 0.863. The summed E-state index contributed by atoms with van der Waals surface area (Å²) in [6, 6.07) is 0.323. The van der Waals surface area contributed by atoms with Gasteiger partial charge in [0, 0.05) is 37.1 Å². The maximum Gasteiger partial charge on any atom is 0.109 e. The zero-order valence-corrected chi connectivity index (χ0v) is 10.4. The van der Waals surface area contributed by atoms with E-state index in [0.717, 1.165) is 23.9 Å². The van der Waals surface area contributed by atoms with Crippen LogP contribution in [0.1, 0.15) is 23.8 Å². The predicted octanol–water partition coefficient (Wildman–Crippen LogP) is 2.00. The van der Waals surface area contributed by atoms with Crippen molar-refractivity contribution >= 4 is 11.3 Å². The van der Waals surface area contributed by atoms with E-state index in [1.54, 1.807) is 11.3 Å². The van der Waals surface area contributed by atoms with Crippen LogP contribution in [-0.2, 0) is 6.54 Å². The van der Waals surface area contributed by atoms with E-state index >= 15 is 0 Å². The molecule has 2 aromatic rings. The minimum atomic E-state index is 0.323. The van der Waals surface area contributed by atoms with Crippen LogP contribution < -0.4 is 5.32 Å². The minimum Gasteiger partial charge on any atom is -0.334 e. The lowest BCUT2D eigenvalue weighted by Crippen LogP contribution is -2.23. The molecule has 0 spiro atoms. The summed E-state index contributed by atoms with van der Waals surface area (Å²) in [6.45, 7) is 6.03. The molecule has 0 aliphatic rings. The molecule has 0 aliphatic heterocycles. The Labute approximate surface area is 99.4 Å². The van der Waals surface area contributed by atoms with Crippen LogP contribution in [0.15, 0.2) is 24.0 Å². The van der Waals surface area contributed by atoms with Crippen LogP contribution in [0.25, 0.3) is 0 Å². The molecule has 2 heterocycles. The van der Waals surface area contributed by atoms with Crippen LogP contribution in [0.2, 0.25) is 0 Å². The fourth-order valence-corrected chi connectivity index (χ4v) is 2.25. The Bertz CT molecular complexity index is 421. The van der Waals surface area contributed by atoms with Crippen LogP contribution in [0.3, 0.4) is 0 Å². The fourth-order valence-electron chi connectivity index (χ4n) is 1.58.